The van der Waals surface area contributed by atoms with Gasteiger partial charge in [-0.15, -0.1) is 0 Å². The van der Waals surface area contributed by atoms with Gasteiger partial charge in [-0.05, 0) is 43.1 Å². The molecule has 1 aromatic carbocycles. The van der Waals surface area contributed by atoms with Crippen LogP contribution in [0, 0.1) is 5.92 Å². The molecule has 1 saturated heterocycles. The van der Waals surface area contributed by atoms with Crippen LogP contribution >= 0.6 is 0 Å². The Morgan fingerprint density at radius 3 is 2.25 bits per heavy atom. The summed E-state index contributed by atoms with van der Waals surface area (Å²) in [7, 11) is 2.47. The van der Waals surface area contributed by atoms with E-state index in [1.165, 1.54) is 56.2 Å². The molecule has 1 fully saturated rings. The summed E-state index contributed by atoms with van der Waals surface area (Å²) >= 11 is 0. The first-order chi connectivity index (χ1) is 9.59. The van der Waals surface area contributed by atoms with Crippen molar-refractivity contribution in [1.29, 1.82) is 0 Å². The number of rotatable bonds is 6. The van der Waals surface area contributed by atoms with Gasteiger partial charge in [-0.1, -0.05) is 44.2 Å². The average molecular weight is 274 g/mol. The lowest BCUT2D eigenvalue weighted by Gasteiger charge is -2.39. The molecule has 0 spiro atoms. The van der Waals surface area contributed by atoms with Crippen LogP contribution in [0.15, 0.2) is 30.3 Å². The van der Waals surface area contributed by atoms with Crippen LogP contribution in [0.1, 0.15) is 57.4 Å². The fraction of sp³-hybridized carbons (Fsp3) is 0.684. The van der Waals surface area contributed by atoms with E-state index in [9.17, 15) is 0 Å². The molecule has 1 aliphatic heterocycles. The van der Waals surface area contributed by atoms with Gasteiger partial charge in [0.15, 0.2) is 0 Å². The van der Waals surface area contributed by atoms with Crippen LogP contribution in [0.3, 0.4) is 0 Å². The van der Waals surface area contributed by atoms with Gasteiger partial charge >= 0.3 is 0 Å². The number of nitrogens with zero attached hydrogens (tertiary/aromatic N) is 1. The Morgan fingerprint density at radius 1 is 1.00 bits per heavy atom. The lowest BCUT2D eigenvalue weighted by atomic mass is 9.87. The van der Waals surface area contributed by atoms with Crippen molar-refractivity contribution < 1.29 is 4.48 Å². The van der Waals surface area contributed by atoms with E-state index < -0.39 is 0 Å². The van der Waals surface area contributed by atoms with Gasteiger partial charge in [0, 0.05) is 6.42 Å². The fourth-order valence-corrected chi connectivity index (χ4v) is 3.68. The van der Waals surface area contributed by atoms with E-state index in [1.54, 1.807) is 5.56 Å². The van der Waals surface area contributed by atoms with E-state index in [1.807, 2.05) is 0 Å². The van der Waals surface area contributed by atoms with Crippen LogP contribution in [-0.4, -0.2) is 31.2 Å². The lowest BCUT2D eigenvalue weighted by molar-refractivity contribution is -0.914. The normalized spacial score (nSPS) is 20.0. The van der Waals surface area contributed by atoms with Gasteiger partial charge in [0.25, 0.3) is 0 Å². The first-order valence-electron chi connectivity index (χ1n) is 8.47. The number of quaternary nitrogens is 1. The predicted molar refractivity (Wildman–Crippen MR) is 87.9 cm³/mol. The van der Waals surface area contributed by atoms with Crippen molar-refractivity contribution >= 4 is 0 Å². The summed E-state index contributed by atoms with van der Waals surface area (Å²) in [5, 5.41) is 0. The van der Waals surface area contributed by atoms with Gasteiger partial charge in [0.1, 0.15) is 0 Å². The van der Waals surface area contributed by atoms with Gasteiger partial charge in [0.2, 0.25) is 0 Å². The summed E-state index contributed by atoms with van der Waals surface area (Å²) in [6.45, 7) is 8.85. The predicted octanol–water partition coefficient (Wildman–Crippen LogP) is 4.84. The Balaban J connectivity index is 1.97. The molecule has 1 nitrogen and oxygen atoms in total. The van der Waals surface area contributed by atoms with Crippen molar-refractivity contribution in [2.45, 2.75) is 51.9 Å². The van der Waals surface area contributed by atoms with E-state index in [4.69, 9.17) is 0 Å². The Labute approximate surface area is 125 Å². The molecule has 0 aromatic heterocycles. The molecule has 1 aliphatic rings. The second kappa shape index (κ2) is 7.26. The van der Waals surface area contributed by atoms with E-state index in [0.717, 1.165) is 11.8 Å². The van der Waals surface area contributed by atoms with Gasteiger partial charge < -0.3 is 4.48 Å². The maximum atomic E-state index is 2.47. The zero-order chi connectivity index (χ0) is 14.4. The summed E-state index contributed by atoms with van der Waals surface area (Å²) in [5.41, 5.74) is 1.55. The Bertz CT molecular complexity index is 376. The maximum absolute atomic E-state index is 2.47. The summed E-state index contributed by atoms with van der Waals surface area (Å²) in [6.07, 6.45) is 6.97. The smallest absolute Gasteiger partial charge is 0.0790 e. The third-order valence-corrected chi connectivity index (χ3v) is 4.94. The minimum Gasteiger partial charge on any atom is -0.326 e. The molecule has 0 amide bonds. The second-order valence-electron chi connectivity index (χ2n) is 7.38. The molecule has 20 heavy (non-hydrogen) atoms. The lowest BCUT2D eigenvalue weighted by Crippen LogP contribution is -2.48. The molecule has 1 unspecified atom stereocenters. The van der Waals surface area contributed by atoms with Gasteiger partial charge in [-0.2, -0.15) is 0 Å². The minimum absolute atomic E-state index is 0.744. The van der Waals surface area contributed by atoms with Crippen molar-refractivity contribution in [3.63, 3.8) is 0 Å². The number of likely N-dealkylation sites (tertiary alicyclic amines) is 1. The van der Waals surface area contributed by atoms with Crippen molar-refractivity contribution in [2.24, 2.45) is 5.92 Å². The fourth-order valence-electron chi connectivity index (χ4n) is 3.68. The zero-order valence-electron chi connectivity index (χ0n) is 13.6. The molecule has 0 N–H and O–H groups in total. The van der Waals surface area contributed by atoms with E-state index in [2.05, 4.69) is 51.2 Å². The first kappa shape index (κ1) is 15.6. The van der Waals surface area contributed by atoms with Crippen molar-refractivity contribution in [3.05, 3.63) is 35.9 Å². The minimum atomic E-state index is 0.744. The van der Waals surface area contributed by atoms with Crippen LogP contribution in [0.25, 0.3) is 0 Å². The van der Waals surface area contributed by atoms with Crippen LogP contribution < -0.4 is 0 Å². The number of hydrogen-bond donors (Lipinski definition) is 0. The standard InChI is InChI=1S/C19H32N/c1-17(2)16-19(18-10-6-4-7-11-18)12-15-20(3)13-8-5-9-14-20/h4,6-7,10-11,17,19H,5,8-9,12-16H2,1-3H3/q+1. The van der Waals surface area contributed by atoms with Crippen LogP contribution in [0.5, 0.6) is 0 Å². The summed E-state index contributed by atoms with van der Waals surface area (Å²) < 4.78 is 1.31. The monoisotopic (exact) mass is 274 g/mol. The largest absolute Gasteiger partial charge is 0.326 e. The molecular formula is C19H32N+. The Morgan fingerprint density at radius 2 is 1.65 bits per heavy atom. The van der Waals surface area contributed by atoms with E-state index >= 15 is 0 Å². The van der Waals surface area contributed by atoms with Gasteiger partial charge in [-0.25, -0.2) is 0 Å². The molecule has 0 aliphatic carbocycles. The Hall–Kier alpha value is -0.820. The zero-order valence-corrected chi connectivity index (χ0v) is 13.6. The number of piperidine rings is 1. The average Bonchev–Trinajstić information content (AvgIpc) is 2.45. The number of benzene rings is 1. The summed E-state index contributed by atoms with van der Waals surface area (Å²) in [4.78, 5) is 0. The molecule has 1 heterocycles. The second-order valence-corrected chi connectivity index (χ2v) is 7.38. The van der Waals surface area contributed by atoms with Crippen molar-refractivity contribution in [1.82, 2.24) is 0 Å². The van der Waals surface area contributed by atoms with Crippen LogP contribution in [0.4, 0.5) is 0 Å². The first-order valence-corrected chi connectivity index (χ1v) is 8.47. The SMILES string of the molecule is CC(C)CC(CC[N+]1(C)CCCCC1)c1ccccc1. The molecule has 0 radical (unpaired) electrons. The number of hydrogen-bond acceptors (Lipinski definition) is 0. The highest BCUT2D eigenvalue weighted by molar-refractivity contribution is 5.19. The third kappa shape index (κ3) is 4.63. The quantitative estimate of drug-likeness (QED) is 0.651. The van der Waals surface area contributed by atoms with Gasteiger partial charge in [0.05, 0.1) is 26.7 Å². The van der Waals surface area contributed by atoms with Crippen LogP contribution in [0.2, 0.25) is 0 Å². The molecule has 1 heteroatoms. The molecule has 0 saturated carbocycles. The molecular weight excluding hydrogens is 242 g/mol. The highest BCUT2D eigenvalue weighted by Gasteiger charge is 2.26. The summed E-state index contributed by atoms with van der Waals surface area (Å²) in [6, 6.07) is 11.2. The van der Waals surface area contributed by atoms with Crippen molar-refractivity contribution in [3.8, 4) is 0 Å². The molecule has 1 aromatic rings. The maximum Gasteiger partial charge on any atom is 0.0790 e. The highest BCUT2D eigenvalue weighted by Crippen LogP contribution is 2.29. The molecule has 2 rings (SSSR count). The van der Waals surface area contributed by atoms with Crippen LogP contribution in [-0.2, 0) is 0 Å². The van der Waals surface area contributed by atoms with Gasteiger partial charge in [-0.3, -0.25) is 0 Å². The Kier molecular flexibility index (Phi) is 5.65. The van der Waals surface area contributed by atoms with E-state index in [-0.39, 0.29) is 0 Å². The highest BCUT2D eigenvalue weighted by atomic mass is 15.3. The summed E-state index contributed by atoms with van der Waals surface area (Å²) in [5.74, 6) is 1.53. The topological polar surface area (TPSA) is 0 Å². The molecule has 112 valence electrons. The third-order valence-electron chi connectivity index (χ3n) is 4.94. The van der Waals surface area contributed by atoms with Crippen molar-refractivity contribution in [2.75, 3.05) is 26.7 Å². The molecule has 1 atom stereocenters. The molecule has 0 bridgehead atoms. The van der Waals surface area contributed by atoms with E-state index in [0.29, 0.717) is 0 Å².